The number of carbonyl (C=O) groups excluding carboxylic acids is 1. The third-order valence-corrected chi connectivity index (χ3v) is 2.58. The van der Waals surface area contributed by atoms with Crippen molar-refractivity contribution in [3.63, 3.8) is 0 Å². The standard InChI is InChI=1S/C13H17N5O2/c1-20-8-7-18-6-4-12(17-18)16-13(19)15-10-11-3-2-5-14-9-11/h2-6,9H,7-8,10H2,1H3,(H2,15,16,17,19). The van der Waals surface area contributed by atoms with Crippen molar-refractivity contribution in [2.75, 3.05) is 19.0 Å². The van der Waals surface area contributed by atoms with E-state index >= 15 is 0 Å². The lowest BCUT2D eigenvalue weighted by Gasteiger charge is -2.05. The Hall–Kier alpha value is -2.41. The highest BCUT2D eigenvalue weighted by Gasteiger charge is 2.04. The third kappa shape index (κ3) is 4.36. The minimum absolute atomic E-state index is 0.300. The molecule has 0 radical (unpaired) electrons. The van der Waals surface area contributed by atoms with E-state index in [0.29, 0.717) is 25.5 Å². The molecule has 0 spiro atoms. The SMILES string of the molecule is COCCn1ccc(NC(=O)NCc2cccnc2)n1. The largest absolute Gasteiger partial charge is 0.383 e. The van der Waals surface area contributed by atoms with Gasteiger partial charge in [-0.3, -0.25) is 15.0 Å². The van der Waals surface area contributed by atoms with E-state index in [0.717, 1.165) is 5.56 Å². The van der Waals surface area contributed by atoms with Crippen LogP contribution in [0, 0.1) is 0 Å². The molecule has 2 rings (SSSR count). The molecule has 2 amide bonds. The molecule has 2 N–H and O–H groups in total. The van der Waals surface area contributed by atoms with Crippen LogP contribution < -0.4 is 10.6 Å². The quantitative estimate of drug-likeness (QED) is 0.831. The normalized spacial score (nSPS) is 10.2. The van der Waals surface area contributed by atoms with Gasteiger partial charge in [0.15, 0.2) is 5.82 Å². The van der Waals surface area contributed by atoms with Crippen LogP contribution in [0.2, 0.25) is 0 Å². The number of hydrogen-bond acceptors (Lipinski definition) is 4. The molecule has 0 aliphatic rings. The van der Waals surface area contributed by atoms with Crippen LogP contribution >= 0.6 is 0 Å². The first-order valence-corrected chi connectivity index (χ1v) is 6.24. The predicted molar refractivity (Wildman–Crippen MR) is 74.2 cm³/mol. The fourth-order valence-electron chi connectivity index (χ4n) is 1.58. The van der Waals surface area contributed by atoms with Crippen molar-refractivity contribution < 1.29 is 9.53 Å². The molecule has 20 heavy (non-hydrogen) atoms. The van der Waals surface area contributed by atoms with Gasteiger partial charge in [-0.15, -0.1) is 0 Å². The molecule has 2 aromatic rings. The van der Waals surface area contributed by atoms with E-state index in [1.807, 2.05) is 12.1 Å². The summed E-state index contributed by atoms with van der Waals surface area (Å²) in [6, 6.07) is 5.16. The Morgan fingerprint density at radius 1 is 1.45 bits per heavy atom. The van der Waals surface area contributed by atoms with Gasteiger partial charge >= 0.3 is 6.03 Å². The zero-order valence-electron chi connectivity index (χ0n) is 11.2. The average Bonchev–Trinajstić information content (AvgIpc) is 2.91. The predicted octanol–water partition coefficient (Wildman–Crippen LogP) is 1.25. The van der Waals surface area contributed by atoms with Gasteiger partial charge in [-0.1, -0.05) is 6.07 Å². The minimum Gasteiger partial charge on any atom is -0.383 e. The second kappa shape index (κ2) is 7.25. The number of nitrogens with zero attached hydrogens (tertiary/aromatic N) is 3. The Kier molecular flexibility index (Phi) is 5.08. The number of nitrogens with one attached hydrogen (secondary N) is 2. The van der Waals surface area contributed by atoms with E-state index in [1.54, 1.807) is 36.4 Å². The third-order valence-electron chi connectivity index (χ3n) is 2.58. The number of rotatable bonds is 6. The highest BCUT2D eigenvalue weighted by molar-refractivity contribution is 5.88. The van der Waals surface area contributed by atoms with Crippen molar-refractivity contribution in [2.45, 2.75) is 13.1 Å². The van der Waals surface area contributed by atoms with Gasteiger partial charge in [0.05, 0.1) is 13.2 Å². The maximum Gasteiger partial charge on any atom is 0.320 e. The van der Waals surface area contributed by atoms with Gasteiger partial charge in [0.1, 0.15) is 0 Å². The molecule has 0 saturated heterocycles. The molecule has 0 unspecified atom stereocenters. The highest BCUT2D eigenvalue weighted by Crippen LogP contribution is 2.02. The van der Waals surface area contributed by atoms with Gasteiger partial charge in [-0.2, -0.15) is 5.10 Å². The Morgan fingerprint density at radius 3 is 3.10 bits per heavy atom. The molecular weight excluding hydrogens is 258 g/mol. The fourth-order valence-corrected chi connectivity index (χ4v) is 1.58. The second-order valence-corrected chi connectivity index (χ2v) is 4.13. The van der Waals surface area contributed by atoms with Crippen LogP contribution in [0.1, 0.15) is 5.56 Å². The smallest absolute Gasteiger partial charge is 0.320 e. The Morgan fingerprint density at radius 2 is 2.35 bits per heavy atom. The van der Waals surface area contributed by atoms with Gasteiger partial charge < -0.3 is 10.1 Å². The van der Waals surface area contributed by atoms with E-state index < -0.39 is 0 Å². The maximum absolute atomic E-state index is 11.7. The molecule has 0 atom stereocenters. The summed E-state index contributed by atoms with van der Waals surface area (Å²) in [6.45, 7) is 1.65. The van der Waals surface area contributed by atoms with Crippen molar-refractivity contribution in [3.8, 4) is 0 Å². The molecule has 7 heteroatoms. The molecule has 0 aliphatic carbocycles. The van der Waals surface area contributed by atoms with E-state index in [2.05, 4.69) is 20.7 Å². The number of methoxy groups -OCH3 is 1. The van der Waals surface area contributed by atoms with Crippen molar-refractivity contribution >= 4 is 11.8 Å². The molecule has 0 saturated carbocycles. The van der Waals surface area contributed by atoms with Crippen molar-refractivity contribution in [1.29, 1.82) is 0 Å². The first-order valence-electron chi connectivity index (χ1n) is 6.24. The summed E-state index contributed by atoms with van der Waals surface area (Å²) in [6.07, 6.45) is 5.19. The zero-order valence-corrected chi connectivity index (χ0v) is 11.2. The lowest BCUT2D eigenvalue weighted by molar-refractivity contribution is 0.183. The number of carbonyl (C=O) groups is 1. The summed E-state index contributed by atoms with van der Waals surface area (Å²) in [5.41, 5.74) is 0.938. The molecule has 2 aromatic heterocycles. The molecular formula is C13H17N5O2. The van der Waals surface area contributed by atoms with E-state index in [1.165, 1.54) is 0 Å². The lowest BCUT2D eigenvalue weighted by atomic mass is 10.3. The zero-order chi connectivity index (χ0) is 14.2. The molecule has 2 heterocycles. The van der Waals surface area contributed by atoms with Crippen molar-refractivity contribution in [1.82, 2.24) is 20.1 Å². The number of hydrogen-bond donors (Lipinski definition) is 2. The summed E-state index contributed by atoms with van der Waals surface area (Å²) in [5.74, 6) is 0.504. The monoisotopic (exact) mass is 275 g/mol. The highest BCUT2D eigenvalue weighted by atomic mass is 16.5. The number of amides is 2. The Bertz CT molecular complexity index is 541. The first-order chi connectivity index (χ1) is 9.78. The number of ether oxygens (including phenoxy) is 1. The van der Waals surface area contributed by atoms with Gasteiger partial charge in [-0.05, 0) is 11.6 Å². The van der Waals surface area contributed by atoms with Crippen LogP contribution in [-0.2, 0) is 17.8 Å². The van der Waals surface area contributed by atoms with E-state index in [-0.39, 0.29) is 6.03 Å². The minimum atomic E-state index is -0.300. The number of urea groups is 1. The average molecular weight is 275 g/mol. The summed E-state index contributed by atoms with van der Waals surface area (Å²) in [5, 5.41) is 9.60. The second-order valence-electron chi connectivity index (χ2n) is 4.13. The van der Waals surface area contributed by atoms with Crippen LogP contribution in [-0.4, -0.2) is 34.5 Å². The molecule has 0 bridgehead atoms. The Labute approximate surface area is 117 Å². The van der Waals surface area contributed by atoms with Crippen LogP contribution in [0.3, 0.4) is 0 Å². The molecule has 106 valence electrons. The van der Waals surface area contributed by atoms with Gasteiger partial charge in [0.2, 0.25) is 0 Å². The number of pyridine rings is 1. The maximum atomic E-state index is 11.7. The molecule has 0 aromatic carbocycles. The van der Waals surface area contributed by atoms with E-state index in [9.17, 15) is 4.79 Å². The summed E-state index contributed by atoms with van der Waals surface area (Å²) in [7, 11) is 1.63. The number of aromatic nitrogens is 3. The van der Waals surface area contributed by atoms with Crippen molar-refractivity contribution in [3.05, 3.63) is 42.4 Å². The lowest BCUT2D eigenvalue weighted by Crippen LogP contribution is -2.28. The van der Waals surface area contributed by atoms with Crippen molar-refractivity contribution in [2.24, 2.45) is 0 Å². The summed E-state index contributed by atoms with van der Waals surface area (Å²) >= 11 is 0. The molecule has 7 nitrogen and oxygen atoms in total. The number of anilines is 1. The van der Waals surface area contributed by atoms with Gasteiger partial charge in [0, 0.05) is 38.3 Å². The van der Waals surface area contributed by atoms with Gasteiger partial charge in [-0.25, -0.2) is 4.79 Å². The van der Waals surface area contributed by atoms with Crippen LogP contribution in [0.25, 0.3) is 0 Å². The van der Waals surface area contributed by atoms with Crippen LogP contribution in [0.5, 0.6) is 0 Å². The fraction of sp³-hybridized carbons (Fsp3) is 0.308. The van der Waals surface area contributed by atoms with Gasteiger partial charge in [0.25, 0.3) is 0 Å². The summed E-state index contributed by atoms with van der Waals surface area (Å²) < 4.78 is 6.67. The summed E-state index contributed by atoms with van der Waals surface area (Å²) in [4.78, 5) is 15.7. The topological polar surface area (TPSA) is 81.1 Å². The Balaban J connectivity index is 1.78. The first kappa shape index (κ1) is 14.0. The van der Waals surface area contributed by atoms with E-state index in [4.69, 9.17) is 4.74 Å². The molecule has 0 aliphatic heterocycles. The molecule has 0 fully saturated rings. The van der Waals surface area contributed by atoms with Crippen LogP contribution in [0.4, 0.5) is 10.6 Å². The van der Waals surface area contributed by atoms with Crippen LogP contribution in [0.15, 0.2) is 36.8 Å².